The van der Waals surface area contributed by atoms with E-state index in [1.807, 2.05) is 0 Å². The maximum absolute atomic E-state index is 12.5. The van der Waals surface area contributed by atoms with Crippen molar-refractivity contribution in [3.05, 3.63) is 29.1 Å². The Morgan fingerprint density at radius 1 is 1.21 bits per heavy atom. The van der Waals surface area contributed by atoms with Crippen LogP contribution in [0.2, 0.25) is 5.15 Å². The Kier molecular flexibility index (Phi) is 4.95. The monoisotopic (exact) mass is 347 g/mol. The van der Waals surface area contributed by atoms with Crippen molar-refractivity contribution in [3.63, 3.8) is 0 Å². The number of nitrogens with zero attached hydrogens (tertiary/aromatic N) is 3. The first-order chi connectivity index (χ1) is 11.3. The standard InChI is InChI=1S/C19H26ClN3O/c1-19(2,3)10-15(24)9-14-11-21-17(20)16-12-22-18(23(14)16)13-7-5-4-6-8-13/h11-13H,4-10H2,1-3H3. The molecule has 5 heteroatoms. The van der Waals surface area contributed by atoms with Crippen LogP contribution >= 0.6 is 11.6 Å². The molecule has 2 aromatic heterocycles. The minimum Gasteiger partial charge on any atom is -0.299 e. The smallest absolute Gasteiger partial charge is 0.154 e. The van der Waals surface area contributed by atoms with Gasteiger partial charge in [-0.1, -0.05) is 51.6 Å². The SMILES string of the molecule is CC(C)(C)CC(=O)Cc1cnc(Cl)c2cnc(C3CCCCC3)n12. The van der Waals surface area contributed by atoms with Crippen LogP contribution in [0.15, 0.2) is 12.4 Å². The third kappa shape index (κ3) is 3.80. The molecule has 2 aromatic rings. The Hall–Kier alpha value is -1.42. The number of ketones is 1. The lowest BCUT2D eigenvalue weighted by molar-refractivity contribution is -0.120. The molecular formula is C19H26ClN3O. The highest BCUT2D eigenvalue weighted by atomic mass is 35.5. The van der Waals surface area contributed by atoms with E-state index in [1.165, 1.54) is 19.3 Å². The zero-order valence-electron chi connectivity index (χ0n) is 14.8. The van der Waals surface area contributed by atoms with Gasteiger partial charge in [-0.25, -0.2) is 9.97 Å². The largest absolute Gasteiger partial charge is 0.299 e. The van der Waals surface area contributed by atoms with Crippen LogP contribution in [0.4, 0.5) is 0 Å². The minimum atomic E-state index is -0.00279. The van der Waals surface area contributed by atoms with Crippen LogP contribution in [0.1, 0.15) is 76.7 Å². The molecule has 0 radical (unpaired) electrons. The summed E-state index contributed by atoms with van der Waals surface area (Å²) < 4.78 is 2.09. The lowest BCUT2D eigenvalue weighted by atomic mass is 9.88. The highest BCUT2D eigenvalue weighted by Gasteiger charge is 2.24. The summed E-state index contributed by atoms with van der Waals surface area (Å²) in [6, 6.07) is 0. The van der Waals surface area contributed by atoms with Crippen molar-refractivity contribution in [1.82, 2.24) is 14.4 Å². The number of aromatic nitrogens is 3. The van der Waals surface area contributed by atoms with Crippen LogP contribution < -0.4 is 0 Å². The van der Waals surface area contributed by atoms with Gasteiger partial charge in [0, 0.05) is 25.0 Å². The Morgan fingerprint density at radius 3 is 2.58 bits per heavy atom. The molecular weight excluding hydrogens is 322 g/mol. The second-order valence-corrected chi connectivity index (χ2v) is 8.52. The molecule has 0 bridgehead atoms. The first-order valence-electron chi connectivity index (χ1n) is 8.87. The molecule has 1 aliphatic rings. The lowest BCUT2D eigenvalue weighted by Gasteiger charge is -2.22. The van der Waals surface area contributed by atoms with Crippen LogP contribution in [-0.4, -0.2) is 20.2 Å². The van der Waals surface area contributed by atoms with E-state index >= 15 is 0 Å². The zero-order valence-corrected chi connectivity index (χ0v) is 15.6. The average Bonchev–Trinajstić information content (AvgIpc) is 2.95. The van der Waals surface area contributed by atoms with Crippen LogP contribution in [-0.2, 0) is 11.2 Å². The number of fused-ring (bicyclic) bond motifs is 1. The number of rotatable bonds is 4. The molecule has 0 aromatic carbocycles. The highest BCUT2D eigenvalue weighted by molar-refractivity contribution is 6.32. The molecule has 0 atom stereocenters. The van der Waals surface area contributed by atoms with E-state index in [9.17, 15) is 4.79 Å². The van der Waals surface area contributed by atoms with Gasteiger partial charge in [0.25, 0.3) is 0 Å². The summed E-state index contributed by atoms with van der Waals surface area (Å²) >= 11 is 6.27. The van der Waals surface area contributed by atoms with Gasteiger partial charge in [-0.3, -0.25) is 9.20 Å². The Morgan fingerprint density at radius 2 is 1.92 bits per heavy atom. The number of carbonyl (C=O) groups is 1. The quantitative estimate of drug-likeness (QED) is 0.783. The molecule has 2 heterocycles. The maximum atomic E-state index is 12.5. The predicted molar refractivity (Wildman–Crippen MR) is 96.6 cm³/mol. The molecule has 24 heavy (non-hydrogen) atoms. The molecule has 3 rings (SSSR count). The molecule has 0 N–H and O–H groups in total. The number of imidazole rings is 1. The van der Waals surface area contributed by atoms with E-state index in [1.54, 1.807) is 12.4 Å². The molecule has 0 amide bonds. The first-order valence-corrected chi connectivity index (χ1v) is 9.25. The van der Waals surface area contributed by atoms with Crippen molar-refractivity contribution in [2.75, 3.05) is 0 Å². The van der Waals surface area contributed by atoms with Crippen molar-refractivity contribution >= 4 is 22.9 Å². The van der Waals surface area contributed by atoms with Gasteiger partial charge in [-0.15, -0.1) is 0 Å². The summed E-state index contributed by atoms with van der Waals surface area (Å²) in [5.74, 6) is 1.74. The van der Waals surface area contributed by atoms with Gasteiger partial charge in [0.15, 0.2) is 5.15 Å². The normalized spacial score (nSPS) is 16.7. The third-order valence-corrected chi connectivity index (χ3v) is 4.98. The van der Waals surface area contributed by atoms with Crippen LogP contribution in [0.25, 0.3) is 5.52 Å². The predicted octanol–water partition coefficient (Wildman–Crippen LogP) is 4.98. The van der Waals surface area contributed by atoms with Gasteiger partial charge in [-0.2, -0.15) is 0 Å². The van der Waals surface area contributed by atoms with Gasteiger partial charge < -0.3 is 0 Å². The van der Waals surface area contributed by atoms with Crippen LogP contribution in [0, 0.1) is 5.41 Å². The summed E-state index contributed by atoms with van der Waals surface area (Å²) in [4.78, 5) is 21.4. The molecule has 1 saturated carbocycles. The molecule has 1 aliphatic carbocycles. The number of halogens is 1. The zero-order chi connectivity index (χ0) is 17.3. The Balaban J connectivity index is 1.96. The van der Waals surface area contributed by atoms with Crippen molar-refractivity contribution in [1.29, 1.82) is 0 Å². The second kappa shape index (κ2) is 6.83. The summed E-state index contributed by atoms with van der Waals surface area (Å²) in [5.41, 5.74) is 1.72. The van der Waals surface area contributed by atoms with Crippen molar-refractivity contribution in [2.45, 2.75) is 71.6 Å². The van der Waals surface area contributed by atoms with Crippen LogP contribution in [0.5, 0.6) is 0 Å². The van der Waals surface area contributed by atoms with E-state index in [0.717, 1.165) is 29.9 Å². The van der Waals surface area contributed by atoms with E-state index in [0.29, 0.717) is 23.9 Å². The van der Waals surface area contributed by atoms with Crippen molar-refractivity contribution in [3.8, 4) is 0 Å². The molecule has 0 spiro atoms. The fraction of sp³-hybridized carbons (Fsp3) is 0.632. The average molecular weight is 348 g/mol. The van der Waals surface area contributed by atoms with Crippen LogP contribution in [0.3, 0.4) is 0 Å². The fourth-order valence-electron chi connectivity index (χ4n) is 3.70. The lowest BCUT2D eigenvalue weighted by Crippen LogP contribution is -2.17. The first kappa shape index (κ1) is 17.4. The van der Waals surface area contributed by atoms with Crippen molar-refractivity contribution in [2.24, 2.45) is 5.41 Å². The molecule has 0 saturated heterocycles. The highest BCUT2D eigenvalue weighted by Crippen LogP contribution is 2.33. The maximum Gasteiger partial charge on any atom is 0.154 e. The van der Waals surface area contributed by atoms with E-state index in [4.69, 9.17) is 11.6 Å². The van der Waals surface area contributed by atoms with Gasteiger partial charge >= 0.3 is 0 Å². The van der Waals surface area contributed by atoms with E-state index in [-0.39, 0.29) is 11.2 Å². The Bertz CT molecular complexity index is 739. The van der Waals surface area contributed by atoms with E-state index < -0.39 is 0 Å². The van der Waals surface area contributed by atoms with E-state index in [2.05, 4.69) is 35.1 Å². The molecule has 0 unspecified atom stereocenters. The Labute approximate surface area is 148 Å². The molecule has 130 valence electrons. The molecule has 0 aliphatic heterocycles. The number of hydrogen-bond acceptors (Lipinski definition) is 3. The summed E-state index contributed by atoms with van der Waals surface area (Å²) in [5, 5.41) is 0.455. The minimum absolute atomic E-state index is 0.00279. The third-order valence-electron chi connectivity index (χ3n) is 4.69. The van der Waals surface area contributed by atoms with Gasteiger partial charge in [0.2, 0.25) is 0 Å². The summed E-state index contributed by atoms with van der Waals surface area (Å²) in [7, 11) is 0. The van der Waals surface area contributed by atoms with Gasteiger partial charge in [0.1, 0.15) is 17.1 Å². The van der Waals surface area contributed by atoms with Gasteiger partial charge in [0.05, 0.1) is 11.9 Å². The second-order valence-electron chi connectivity index (χ2n) is 8.17. The number of carbonyl (C=O) groups excluding carboxylic acids is 1. The number of hydrogen-bond donors (Lipinski definition) is 0. The fourth-order valence-corrected chi connectivity index (χ4v) is 3.88. The van der Waals surface area contributed by atoms with Gasteiger partial charge in [-0.05, 0) is 18.3 Å². The number of Topliss-reactive ketones (excluding diaryl/α,β-unsaturated/α-hetero) is 1. The van der Waals surface area contributed by atoms with Crippen molar-refractivity contribution < 1.29 is 4.79 Å². The molecule has 4 nitrogen and oxygen atoms in total. The molecule has 1 fully saturated rings. The summed E-state index contributed by atoms with van der Waals surface area (Å²) in [6.07, 6.45) is 10.6. The topological polar surface area (TPSA) is 47.3 Å². The summed E-state index contributed by atoms with van der Waals surface area (Å²) in [6.45, 7) is 6.27.